The van der Waals surface area contributed by atoms with Crippen molar-refractivity contribution in [2.75, 3.05) is 5.32 Å². The molecule has 0 unspecified atom stereocenters. The molecule has 0 saturated carbocycles. The van der Waals surface area contributed by atoms with E-state index in [1.165, 1.54) is 18.5 Å². The molecule has 29 heavy (non-hydrogen) atoms. The Kier molecular flexibility index (Phi) is 4.82. The molecular formula is C21H15F2N5O. The number of rotatable bonds is 4. The summed E-state index contributed by atoms with van der Waals surface area (Å²) in [5, 5.41) is 10.7. The molecular weight excluding hydrogens is 376 g/mol. The van der Waals surface area contributed by atoms with E-state index < -0.39 is 17.5 Å². The van der Waals surface area contributed by atoms with Gasteiger partial charge in [0.15, 0.2) is 5.82 Å². The van der Waals surface area contributed by atoms with E-state index in [0.29, 0.717) is 17.1 Å². The van der Waals surface area contributed by atoms with Crippen LogP contribution in [0.15, 0.2) is 67.3 Å². The van der Waals surface area contributed by atoms with E-state index in [9.17, 15) is 13.6 Å². The average Bonchev–Trinajstić information content (AvgIpc) is 3.16. The highest BCUT2D eigenvalue weighted by molar-refractivity contribution is 6.04. The third kappa shape index (κ3) is 3.86. The summed E-state index contributed by atoms with van der Waals surface area (Å²) >= 11 is 0. The topological polar surface area (TPSA) is 72.7 Å². The molecule has 2 heterocycles. The lowest BCUT2D eigenvalue weighted by Crippen LogP contribution is -2.12. The van der Waals surface area contributed by atoms with Crippen LogP contribution in [-0.2, 0) is 7.05 Å². The van der Waals surface area contributed by atoms with Crippen LogP contribution in [0.4, 0.5) is 14.5 Å². The number of carbonyl (C=O) groups is 1. The Morgan fingerprint density at radius 2 is 1.90 bits per heavy atom. The van der Waals surface area contributed by atoms with Crippen molar-refractivity contribution in [3.05, 3.63) is 84.4 Å². The number of amides is 1. The summed E-state index contributed by atoms with van der Waals surface area (Å²) in [6, 6.07) is 11.8. The molecule has 2 aromatic carbocycles. The van der Waals surface area contributed by atoms with Gasteiger partial charge in [0, 0.05) is 41.8 Å². The zero-order valence-electron chi connectivity index (χ0n) is 15.3. The minimum absolute atomic E-state index is 0.0384. The van der Waals surface area contributed by atoms with E-state index >= 15 is 0 Å². The zero-order chi connectivity index (χ0) is 20.4. The number of hydrogen-bond acceptors (Lipinski definition) is 4. The summed E-state index contributed by atoms with van der Waals surface area (Å²) < 4.78 is 29.3. The molecule has 8 heteroatoms. The van der Waals surface area contributed by atoms with Gasteiger partial charge in [0.25, 0.3) is 5.91 Å². The monoisotopic (exact) mass is 391 g/mol. The van der Waals surface area contributed by atoms with Crippen LogP contribution in [0.2, 0.25) is 0 Å². The molecule has 144 valence electrons. The normalized spacial score (nSPS) is 10.7. The number of benzene rings is 2. The van der Waals surface area contributed by atoms with Crippen LogP contribution in [0.5, 0.6) is 0 Å². The Morgan fingerprint density at radius 3 is 2.69 bits per heavy atom. The molecule has 0 saturated heterocycles. The maximum atomic E-state index is 14.0. The smallest absolute Gasteiger partial charge is 0.257 e. The molecule has 2 aromatic heterocycles. The highest BCUT2D eigenvalue weighted by Gasteiger charge is 2.13. The standard InChI is InChI=1S/C21H15F2N5O/c1-28-12-25-27-20(28)13-3-2-4-17(8-13)26-21(29)15-7-14(10-24-11-15)18-9-16(22)5-6-19(18)23/h2-12H,1H3,(H,26,29). The Balaban J connectivity index is 1.60. The SMILES string of the molecule is Cn1cnnc1-c1cccc(NC(=O)c2cncc(-c3cc(F)ccc3F)c2)c1. The summed E-state index contributed by atoms with van der Waals surface area (Å²) in [5.41, 5.74) is 1.91. The van der Waals surface area contributed by atoms with Crippen molar-refractivity contribution in [1.82, 2.24) is 19.7 Å². The first-order valence-electron chi connectivity index (χ1n) is 8.67. The molecule has 1 amide bonds. The number of halogens is 2. The van der Waals surface area contributed by atoms with Crippen LogP contribution in [0.3, 0.4) is 0 Å². The summed E-state index contributed by atoms with van der Waals surface area (Å²) in [5.74, 6) is -0.934. The first-order chi connectivity index (χ1) is 14.0. The maximum Gasteiger partial charge on any atom is 0.257 e. The summed E-state index contributed by atoms with van der Waals surface area (Å²) in [6.07, 6.45) is 4.33. The lowest BCUT2D eigenvalue weighted by Gasteiger charge is -2.09. The number of aromatic nitrogens is 4. The first-order valence-corrected chi connectivity index (χ1v) is 8.67. The van der Waals surface area contributed by atoms with E-state index in [2.05, 4.69) is 20.5 Å². The molecule has 0 bridgehead atoms. The summed E-state index contributed by atoms with van der Waals surface area (Å²) in [7, 11) is 1.82. The molecule has 0 atom stereocenters. The largest absolute Gasteiger partial charge is 0.322 e. The second kappa shape index (κ2) is 7.59. The third-order valence-corrected chi connectivity index (χ3v) is 4.33. The number of carbonyl (C=O) groups excluding carboxylic acids is 1. The molecule has 0 aliphatic rings. The van der Waals surface area contributed by atoms with E-state index in [1.54, 1.807) is 29.1 Å². The van der Waals surface area contributed by atoms with Crippen molar-refractivity contribution in [3.63, 3.8) is 0 Å². The number of anilines is 1. The van der Waals surface area contributed by atoms with Gasteiger partial charge in [-0.05, 0) is 36.4 Å². The molecule has 4 aromatic rings. The van der Waals surface area contributed by atoms with Gasteiger partial charge in [-0.25, -0.2) is 8.78 Å². The molecule has 0 spiro atoms. The van der Waals surface area contributed by atoms with Gasteiger partial charge in [0.2, 0.25) is 0 Å². The second-order valence-corrected chi connectivity index (χ2v) is 6.39. The minimum atomic E-state index is -0.595. The lowest BCUT2D eigenvalue weighted by molar-refractivity contribution is 0.102. The number of nitrogens with zero attached hydrogens (tertiary/aromatic N) is 4. The molecule has 0 fully saturated rings. The number of hydrogen-bond donors (Lipinski definition) is 1. The van der Waals surface area contributed by atoms with Gasteiger partial charge >= 0.3 is 0 Å². The van der Waals surface area contributed by atoms with Gasteiger partial charge in [0.1, 0.15) is 18.0 Å². The van der Waals surface area contributed by atoms with Crippen LogP contribution < -0.4 is 5.32 Å². The van der Waals surface area contributed by atoms with Crippen LogP contribution >= 0.6 is 0 Å². The first kappa shape index (κ1) is 18.4. The Morgan fingerprint density at radius 1 is 1.03 bits per heavy atom. The van der Waals surface area contributed by atoms with Gasteiger partial charge in [-0.3, -0.25) is 9.78 Å². The maximum absolute atomic E-state index is 14.0. The fourth-order valence-electron chi connectivity index (χ4n) is 2.91. The zero-order valence-corrected chi connectivity index (χ0v) is 15.3. The predicted molar refractivity (Wildman–Crippen MR) is 104 cm³/mol. The Bertz CT molecular complexity index is 1210. The summed E-state index contributed by atoms with van der Waals surface area (Å²) in [6.45, 7) is 0. The van der Waals surface area contributed by atoms with Crippen molar-refractivity contribution >= 4 is 11.6 Å². The van der Waals surface area contributed by atoms with Gasteiger partial charge in [-0.15, -0.1) is 10.2 Å². The molecule has 1 N–H and O–H groups in total. The van der Waals surface area contributed by atoms with Crippen LogP contribution in [-0.4, -0.2) is 25.7 Å². The highest BCUT2D eigenvalue weighted by atomic mass is 19.1. The van der Waals surface area contributed by atoms with Crippen LogP contribution in [0, 0.1) is 11.6 Å². The van der Waals surface area contributed by atoms with Crippen molar-refractivity contribution in [2.45, 2.75) is 0 Å². The van der Waals surface area contributed by atoms with Crippen molar-refractivity contribution in [3.8, 4) is 22.5 Å². The second-order valence-electron chi connectivity index (χ2n) is 6.39. The van der Waals surface area contributed by atoms with Gasteiger partial charge in [0.05, 0.1) is 5.56 Å². The Labute approximate surface area is 164 Å². The van der Waals surface area contributed by atoms with E-state index in [0.717, 1.165) is 23.8 Å². The third-order valence-electron chi connectivity index (χ3n) is 4.33. The number of aryl methyl sites for hydroxylation is 1. The fourth-order valence-corrected chi connectivity index (χ4v) is 2.91. The van der Waals surface area contributed by atoms with Crippen LogP contribution in [0.25, 0.3) is 22.5 Å². The average molecular weight is 391 g/mol. The summed E-state index contributed by atoms with van der Waals surface area (Å²) in [4.78, 5) is 16.7. The van der Waals surface area contributed by atoms with E-state index in [1.807, 2.05) is 13.1 Å². The van der Waals surface area contributed by atoms with E-state index in [4.69, 9.17) is 0 Å². The number of nitrogens with one attached hydrogen (secondary N) is 1. The van der Waals surface area contributed by atoms with Gasteiger partial charge in [-0.2, -0.15) is 0 Å². The van der Waals surface area contributed by atoms with Gasteiger partial charge in [-0.1, -0.05) is 12.1 Å². The molecule has 0 aliphatic carbocycles. The quantitative estimate of drug-likeness (QED) is 0.569. The Hall–Kier alpha value is -3.94. The predicted octanol–water partition coefficient (Wildman–Crippen LogP) is 4.07. The highest BCUT2D eigenvalue weighted by Crippen LogP contribution is 2.25. The number of pyridine rings is 1. The molecule has 0 radical (unpaired) electrons. The molecule has 6 nitrogen and oxygen atoms in total. The van der Waals surface area contributed by atoms with Crippen molar-refractivity contribution in [2.24, 2.45) is 7.05 Å². The van der Waals surface area contributed by atoms with Crippen molar-refractivity contribution in [1.29, 1.82) is 0 Å². The van der Waals surface area contributed by atoms with Crippen LogP contribution in [0.1, 0.15) is 10.4 Å². The van der Waals surface area contributed by atoms with Gasteiger partial charge < -0.3 is 9.88 Å². The molecule has 0 aliphatic heterocycles. The molecule has 4 rings (SSSR count). The fraction of sp³-hybridized carbons (Fsp3) is 0.0476. The van der Waals surface area contributed by atoms with Crippen molar-refractivity contribution < 1.29 is 13.6 Å². The minimum Gasteiger partial charge on any atom is -0.322 e. The lowest BCUT2D eigenvalue weighted by atomic mass is 10.0. The van der Waals surface area contributed by atoms with E-state index in [-0.39, 0.29) is 11.1 Å².